The highest BCUT2D eigenvalue weighted by atomic mass is 19.1. The summed E-state index contributed by atoms with van der Waals surface area (Å²) in [7, 11) is 0. The summed E-state index contributed by atoms with van der Waals surface area (Å²) in [5.41, 5.74) is 1.82. The van der Waals surface area contributed by atoms with Gasteiger partial charge in [0, 0.05) is 6.42 Å². The number of aryl methyl sites for hydroxylation is 1. The van der Waals surface area contributed by atoms with Crippen LogP contribution in [0.4, 0.5) is 4.39 Å². The Bertz CT molecular complexity index is 780. The second-order valence-corrected chi connectivity index (χ2v) is 6.12. The number of ether oxygens (including phenoxy) is 2. The Balaban J connectivity index is 1.81. The smallest absolute Gasteiger partial charge is 0.341 e. The second-order valence-electron chi connectivity index (χ2n) is 6.12. The van der Waals surface area contributed by atoms with Gasteiger partial charge in [-0.05, 0) is 48.6 Å². The molecule has 3 rings (SSSR count). The van der Waals surface area contributed by atoms with Gasteiger partial charge in [-0.1, -0.05) is 31.2 Å². The van der Waals surface area contributed by atoms with Crippen LogP contribution in [0.5, 0.6) is 11.5 Å². The number of hydrogen-bond donors (Lipinski definition) is 0. The molecule has 1 atom stereocenters. The number of carbonyl (C=O) groups excluding carboxylic acids is 1. The fourth-order valence-electron chi connectivity index (χ4n) is 2.91. The molecule has 0 aromatic heterocycles. The summed E-state index contributed by atoms with van der Waals surface area (Å²) >= 11 is 0. The molecule has 3 nitrogen and oxygen atoms in total. The van der Waals surface area contributed by atoms with E-state index in [0.717, 1.165) is 18.4 Å². The van der Waals surface area contributed by atoms with E-state index in [4.69, 9.17) is 9.47 Å². The van der Waals surface area contributed by atoms with E-state index < -0.39 is 11.8 Å². The first-order valence-corrected chi connectivity index (χ1v) is 8.52. The van der Waals surface area contributed by atoms with Crippen LogP contribution in [0, 0.1) is 5.82 Å². The quantitative estimate of drug-likeness (QED) is 0.534. The van der Waals surface area contributed by atoms with E-state index in [-0.39, 0.29) is 17.4 Å². The van der Waals surface area contributed by atoms with E-state index >= 15 is 0 Å². The number of esters is 1. The number of allylic oxidation sites excluding steroid dienone is 1. The molecule has 0 fully saturated rings. The Labute approximate surface area is 147 Å². The maximum Gasteiger partial charge on any atom is 0.341 e. The number of fused-ring (bicyclic) bond motifs is 1. The predicted molar refractivity (Wildman–Crippen MR) is 94.6 cm³/mol. The number of carbonyl (C=O) groups is 1. The number of halogens is 1. The summed E-state index contributed by atoms with van der Waals surface area (Å²) in [4.78, 5) is 12.1. The van der Waals surface area contributed by atoms with Crippen molar-refractivity contribution in [2.75, 3.05) is 0 Å². The van der Waals surface area contributed by atoms with E-state index in [1.165, 1.54) is 0 Å². The van der Waals surface area contributed by atoms with Crippen LogP contribution >= 0.6 is 0 Å². The Morgan fingerprint density at radius 1 is 1.28 bits per heavy atom. The number of hydrogen-bond acceptors (Lipinski definition) is 3. The second kappa shape index (κ2) is 7.51. The lowest BCUT2D eigenvalue weighted by molar-refractivity contribution is 0.0241. The minimum absolute atomic E-state index is 0.00944. The zero-order valence-corrected chi connectivity index (χ0v) is 14.3. The van der Waals surface area contributed by atoms with Crippen molar-refractivity contribution >= 4 is 5.97 Å². The molecule has 0 saturated heterocycles. The lowest BCUT2D eigenvalue weighted by atomic mass is 9.96. The first-order valence-electron chi connectivity index (χ1n) is 8.52. The van der Waals surface area contributed by atoms with Gasteiger partial charge < -0.3 is 9.47 Å². The highest BCUT2D eigenvalue weighted by Gasteiger charge is 2.30. The van der Waals surface area contributed by atoms with E-state index in [1.54, 1.807) is 24.3 Å². The molecule has 2 aromatic carbocycles. The summed E-state index contributed by atoms with van der Waals surface area (Å²) < 4.78 is 25.6. The topological polar surface area (TPSA) is 35.5 Å². The third-order valence-corrected chi connectivity index (χ3v) is 4.36. The molecule has 1 unspecified atom stereocenters. The van der Waals surface area contributed by atoms with Crippen LogP contribution < -0.4 is 4.74 Å². The monoisotopic (exact) mass is 340 g/mol. The van der Waals surface area contributed by atoms with Gasteiger partial charge in [0.1, 0.15) is 17.4 Å². The van der Waals surface area contributed by atoms with Crippen molar-refractivity contribution in [3.05, 3.63) is 71.6 Å². The first-order chi connectivity index (χ1) is 12.1. The highest BCUT2D eigenvalue weighted by molar-refractivity contribution is 5.93. The predicted octanol–water partition coefficient (Wildman–Crippen LogP) is 5.23. The highest BCUT2D eigenvalue weighted by Crippen LogP contribution is 2.32. The Morgan fingerprint density at radius 3 is 2.72 bits per heavy atom. The molecular formula is C21H21FO3. The molecule has 4 heteroatoms. The van der Waals surface area contributed by atoms with Gasteiger partial charge in [0.2, 0.25) is 0 Å². The van der Waals surface area contributed by atoms with Gasteiger partial charge in [-0.25, -0.2) is 9.18 Å². The molecule has 130 valence electrons. The minimum Gasteiger partial charge on any atom is -0.458 e. The van der Waals surface area contributed by atoms with E-state index in [9.17, 15) is 9.18 Å². The molecular weight excluding hydrogens is 319 g/mol. The summed E-state index contributed by atoms with van der Waals surface area (Å²) in [5.74, 6) is -0.718. The Kier molecular flexibility index (Phi) is 5.17. The molecule has 0 saturated carbocycles. The van der Waals surface area contributed by atoms with Gasteiger partial charge in [0.15, 0.2) is 11.6 Å². The Hall–Kier alpha value is -2.62. The summed E-state index contributed by atoms with van der Waals surface area (Å²) in [6, 6.07) is 10.8. The van der Waals surface area contributed by atoms with Crippen molar-refractivity contribution in [3.63, 3.8) is 0 Å². The third-order valence-electron chi connectivity index (χ3n) is 4.36. The summed E-state index contributed by atoms with van der Waals surface area (Å²) in [6.45, 7) is 5.65. The van der Waals surface area contributed by atoms with Crippen LogP contribution in [0.25, 0.3) is 0 Å². The van der Waals surface area contributed by atoms with Gasteiger partial charge in [0.05, 0.1) is 0 Å². The molecule has 1 heterocycles. The van der Waals surface area contributed by atoms with Crippen LogP contribution in [0.1, 0.15) is 41.3 Å². The van der Waals surface area contributed by atoms with Crippen molar-refractivity contribution in [1.29, 1.82) is 0 Å². The minimum atomic E-state index is -0.659. The lowest BCUT2D eigenvalue weighted by Gasteiger charge is -2.24. The molecule has 25 heavy (non-hydrogen) atoms. The van der Waals surface area contributed by atoms with Crippen molar-refractivity contribution in [2.24, 2.45) is 0 Å². The fraction of sp³-hybridized carbons (Fsp3) is 0.286. The van der Waals surface area contributed by atoms with Crippen molar-refractivity contribution in [1.82, 2.24) is 0 Å². The molecule has 1 aliphatic rings. The van der Waals surface area contributed by atoms with Crippen LogP contribution in [-0.4, -0.2) is 12.1 Å². The van der Waals surface area contributed by atoms with Gasteiger partial charge >= 0.3 is 5.97 Å². The Morgan fingerprint density at radius 2 is 2.04 bits per heavy atom. The SMILES string of the molecule is C=CCCc1ccc(Oc2ccc3c(c2F)C(=O)OC(CC)C3)cc1. The molecule has 0 aliphatic carbocycles. The van der Waals surface area contributed by atoms with Gasteiger partial charge in [-0.15, -0.1) is 6.58 Å². The fourth-order valence-corrected chi connectivity index (χ4v) is 2.91. The largest absolute Gasteiger partial charge is 0.458 e. The molecule has 1 aliphatic heterocycles. The third kappa shape index (κ3) is 3.73. The van der Waals surface area contributed by atoms with Gasteiger partial charge in [-0.3, -0.25) is 0 Å². The van der Waals surface area contributed by atoms with E-state index in [0.29, 0.717) is 24.2 Å². The molecule has 0 radical (unpaired) electrons. The molecule has 0 bridgehead atoms. The lowest BCUT2D eigenvalue weighted by Crippen LogP contribution is -2.28. The van der Waals surface area contributed by atoms with Crippen LogP contribution in [-0.2, 0) is 17.6 Å². The number of benzene rings is 2. The molecule has 2 aromatic rings. The number of cyclic esters (lactones) is 1. The van der Waals surface area contributed by atoms with Crippen molar-refractivity contribution < 1.29 is 18.7 Å². The molecule has 0 amide bonds. The normalized spacial score (nSPS) is 16.1. The first kappa shape index (κ1) is 17.2. The van der Waals surface area contributed by atoms with Gasteiger partial charge in [0.25, 0.3) is 0 Å². The number of rotatable bonds is 6. The molecule has 0 spiro atoms. The van der Waals surface area contributed by atoms with Crippen LogP contribution in [0.2, 0.25) is 0 Å². The standard InChI is InChI=1S/C21H21FO3/c1-3-5-6-14-7-10-17(11-8-14)24-18-12-9-15-13-16(4-2)25-21(23)19(15)20(18)22/h3,7-12,16H,1,4-6,13H2,2H3. The zero-order chi connectivity index (χ0) is 17.8. The average Bonchev–Trinajstić information content (AvgIpc) is 2.63. The molecule has 0 N–H and O–H groups in total. The van der Waals surface area contributed by atoms with E-state index in [1.807, 2.05) is 25.1 Å². The average molecular weight is 340 g/mol. The summed E-state index contributed by atoms with van der Waals surface area (Å²) in [5, 5.41) is 0. The van der Waals surface area contributed by atoms with Crippen LogP contribution in [0.15, 0.2) is 49.1 Å². The van der Waals surface area contributed by atoms with Gasteiger partial charge in [-0.2, -0.15) is 0 Å². The van der Waals surface area contributed by atoms with Crippen molar-refractivity contribution in [3.8, 4) is 11.5 Å². The van der Waals surface area contributed by atoms with Crippen molar-refractivity contribution in [2.45, 2.75) is 38.7 Å². The zero-order valence-electron chi connectivity index (χ0n) is 14.3. The summed E-state index contributed by atoms with van der Waals surface area (Å²) in [6.07, 6.45) is 4.74. The maximum atomic E-state index is 14.7. The van der Waals surface area contributed by atoms with Crippen LogP contribution in [0.3, 0.4) is 0 Å². The maximum absolute atomic E-state index is 14.7. The van der Waals surface area contributed by atoms with E-state index in [2.05, 4.69) is 6.58 Å².